The zero-order valence-electron chi connectivity index (χ0n) is 12.3. The molecule has 6 heteroatoms. The van der Waals surface area contributed by atoms with E-state index in [0.29, 0.717) is 23.6 Å². The van der Waals surface area contributed by atoms with Gasteiger partial charge in [-0.25, -0.2) is 0 Å². The van der Waals surface area contributed by atoms with Crippen LogP contribution in [0.2, 0.25) is 0 Å². The Hall–Kier alpha value is -1.84. The molecule has 1 aromatic heterocycles. The Balaban J connectivity index is 2.90. The molecule has 114 valence electrons. The van der Waals surface area contributed by atoms with E-state index >= 15 is 0 Å². The van der Waals surface area contributed by atoms with Gasteiger partial charge in [0.05, 0.1) is 13.2 Å². The van der Waals surface area contributed by atoms with Crippen LogP contribution < -0.4 is 5.73 Å². The van der Waals surface area contributed by atoms with Gasteiger partial charge in [0.25, 0.3) is 5.91 Å². The number of hydrogen-bond donors (Lipinski definition) is 1. The molecule has 0 unspecified atom stereocenters. The van der Waals surface area contributed by atoms with Crippen molar-refractivity contribution in [2.75, 3.05) is 26.2 Å². The van der Waals surface area contributed by atoms with E-state index in [1.165, 1.54) is 16.2 Å². The van der Waals surface area contributed by atoms with Gasteiger partial charge in [0, 0.05) is 12.1 Å². The lowest BCUT2D eigenvalue weighted by atomic mass is 10.2. The van der Waals surface area contributed by atoms with Gasteiger partial charge in [0.2, 0.25) is 0 Å². The number of rotatable bonds is 6. The SMILES string of the molecule is CCCN(CC(=O)OCC)C(=O)c1sccc1C#CCN. The Bertz CT molecular complexity index is 543. The standard InChI is InChI=1S/C15H20N2O3S/c1-3-9-17(11-13(18)20-4-2)15(19)14-12(6-5-8-16)7-10-21-14/h7,10H,3-4,8-9,11,16H2,1-2H3. The van der Waals surface area contributed by atoms with E-state index in [2.05, 4.69) is 11.8 Å². The predicted molar refractivity (Wildman–Crippen MR) is 83.1 cm³/mol. The third-order valence-corrected chi connectivity index (χ3v) is 3.49. The van der Waals surface area contributed by atoms with Gasteiger partial charge in [-0.15, -0.1) is 11.3 Å². The summed E-state index contributed by atoms with van der Waals surface area (Å²) in [7, 11) is 0. The Morgan fingerprint density at radius 2 is 2.19 bits per heavy atom. The lowest BCUT2D eigenvalue weighted by Gasteiger charge is -2.20. The molecule has 2 N–H and O–H groups in total. The first-order chi connectivity index (χ1) is 10.1. The third kappa shape index (κ3) is 5.21. The van der Waals surface area contributed by atoms with E-state index in [1.807, 2.05) is 12.3 Å². The largest absolute Gasteiger partial charge is 0.465 e. The number of esters is 1. The van der Waals surface area contributed by atoms with Crippen molar-refractivity contribution in [2.45, 2.75) is 20.3 Å². The molecule has 0 aliphatic carbocycles. The molecule has 5 nitrogen and oxygen atoms in total. The summed E-state index contributed by atoms with van der Waals surface area (Å²) in [6.45, 7) is 4.70. The summed E-state index contributed by atoms with van der Waals surface area (Å²) < 4.78 is 4.91. The molecule has 0 bridgehead atoms. The fourth-order valence-electron chi connectivity index (χ4n) is 1.75. The van der Waals surface area contributed by atoms with E-state index in [1.54, 1.807) is 13.0 Å². The second-order valence-corrected chi connectivity index (χ2v) is 5.12. The van der Waals surface area contributed by atoms with Crippen LogP contribution >= 0.6 is 11.3 Å². The third-order valence-electron chi connectivity index (χ3n) is 2.59. The molecule has 0 fully saturated rings. The Morgan fingerprint density at radius 1 is 1.43 bits per heavy atom. The molecule has 1 rings (SSSR count). The van der Waals surface area contributed by atoms with Gasteiger partial charge in [-0.05, 0) is 24.8 Å². The van der Waals surface area contributed by atoms with Gasteiger partial charge in [-0.1, -0.05) is 18.8 Å². The van der Waals surface area contributed by atoms with E-state index in [-0.39, 0.29) is 19.0 Å². The van der Waals surface area contributed by atoms with Crippen LogP contribution in [-0.4, -0.2) is 43.0 Å². The van der Waals surface area contributed by atoms with Crippen molar-refractivity contribution in [1.82, 2.24) is 4.90 Å². The molecule has 0 spiro atoms. The molecule has 0 atom stereocenters. The van der Waals surface area contributed by atoms with E-state index in [4.69, 9.17) is 10.5 Å². The number of nitrogens with zero attached hydrogens (tertiary/aromatic N) is 1. The molecule has 1 heterocycles. The Morgan fingerprint density at radius 3 is 2.81 bits per heavy atom. The van der Waals surface area contributed by atoms with E-state index < -0.39 is 5.97 Å². The second-order valence-electron chi connectivity index (χ2n) is 4.20. The monoisotopic (exact) mass is 308 g/mol. The van der Waals surface area contributed by atoms with Gasteiger partial charge in [-0.3, -0.25) is 9.59 Å². The molecule has 21 heavy (non-hydrogen) atoms. The molecule has 0 saturated heterocycles. The topological polar surface area (TPSA) is 72.6 Å². The zero-order chi connectivity index (χ0) is 15.7. The fraction of sp³-hybridized carbons (Fsp3) is 0.467. The summed E-state index contributed by atoms with van der Waals surface area (Å²) in [5.74, 6) is 5.03. The minimum absolute atomic E-state index is 0.0395. The van der Waals surface area contributed by atoms with Crippen molar-refractivity contribution in [3.8, 4) is 11.8 Å². The molecule has 1 amide bonds. The van der Waals surface area contributed by atoms with E-state index in [9.17, 15) is 9.59 Å². The van der Waals surface area contributed by atoms with Crippen LogP contribution in [0.25, 0.3) is 0 Å². The number of nitrogens with two attached hydrogens (primary N) is 1. The molecule has 0 aliphatic heterocycles. The number of ether oxygens (including phenoxy) is 1. The molecule has 0 saturated carbocycles. The van der Waals surface area contributed by atoms with Crippen LogP contribution in [0.15, 0.2) is 11.4 Å². The van der Waals surface area contributed by atoms with Crippen LogP contribution in [0.3, 0.4) is 0 Å². The summed E-state index contributed by atoms with van der Waals surface area (Å²) in [6, 6.07) is 1.79. The Labute approximate surface area is 129 Å². The summed E-state index contributed by atoms with van der Waals surface area (Å²) >= 11 is 1.32. The van der Waals surface area contributed by atoms with Crippen molar-refractivity contribution in [3.63, 3.8) is 0 Å². The Kier molecular flexibility index (Phi) is 7.51. The maximum absolute atomic E-state index is 12.5. The first kappa shape index (κ1) is 17.2. The highest BCUT2D eigenvalue weighted by molar-refractivity contribution is 7.12. The highest BCUT2D eigenvalue weighted by atomic mass is 32.1. The normalized spacial score (nSPS) is 9.67. The van der Waals surface area contributed by atoms with Crippen molar-refractivity contribution in [1.29, 1.82) is 0 Å². The van der Waals surface area contributed by atoms with Crippen LogP contribution in [-0.2, 0) is 9.53 Å². The van der Waals surface area contributed by atoms with Crippen LogP contribution in [0, 0.1) is 11.8 Å². The average molecular weight is 308 g/mol. The van der Waals surface area contributed by atoms with Crippen LogP contribution in [0.1, 0.15) is 35.5 Å². The van der Waals surface area contributed by atoms with E-state index in [0.717, 1.165) is 6.42 Å². The summed E-state index contributed by atoms with van der Waals surface area (Å²) in [5, 5.41) is 1.81. The first-order valence-electron chi connectivity index (χ1n) is 6.85. The quantitative estimate of drug-likeness (QED) is 0.638. The molecular weight excluding hydrogens is 288 g/mol. The van der Waals surface area contributed by atoms with Crippen LogP contribution in [0.5, 0.6) is 0 Å². The van der Waals surface area contributed by atoms with Crippen molar-refractivity contribution in [2.24, 2.45) is 5.73 Å². The maximum Gasteiger partial charge on any atom is 0.325 e. The van der Waals surface area contributed by atoms with Gasteiger partial charge >= 0.3 is 5.97 Å². The van der Waals surface area contributed by atoms with Crippen molar-refractivity contribution in [3.05, 3.63) is 21.9 Å². The molecule has 0 radical (unpaired) electrons. The lowest BCUT2D eigenvalue weighted by molar-refractivity contribution is -0.143. The van der Waals surface area contributed by atoms with Gasteiger partial charge in [0.1, 0.15) is 11.4 Å². The van der Waals surface area contributed by atoms with Crippen LogP contribution in [0.4, 0.5) is 0 Å². The molecule has 0 aliphatic rings. The zero-order valence-corrected chi connectivity index (χ0v) is 13.2. The fourth-order valence-corrected chi connectivity index (χ4v) is 2.56. The average Bonchev–Trinajstić information content (AvgIpc) is 2.92. The molecule has 1 aromatic rings. The van der Waals surface area contributed by atoms with Gasteiger partial charge in [-0.2, -0.15) is 0 Å². The van der Waals surface area contributed by atoms with Crippen molar-refractivity contribution >= 4 is 23.2 Å². The number of amides is 1. The number of hydrogen-bond acceptors (Lipinski definition) is 5. The maximum atomic E-state index is 12.5. The minimum Gasteiger partial charge on any atom is -0.465 e. The summed E-state index contributed by atoms with van der Waals surface area (Å²) in [6.07, 6.45) is 0.764. The smallest absolute Gasteiger partial charge is 0.325 e. The summed E-state index contributed by atoms with van der Waals surface area (Å²) in [4.78, 5) is 26.2. The number of carbonyl (C=O) groups is 2. The lowest BCUT2D eigenvalue weighted by Crippen LogP contribution is -2.37. The minimum atomic E-state index is -0.398. The highest BCUT2D eigenvalue weighted by Gasteiger charge is 2.21. The van der Waals surface area contributed by atoms with Gasteiger partial charge in [0.15, 0.2) is 0 Å². The highest BCUT2D eigenvalue weighted by Crippen LogP contribution is 2.18. The molecular formula is C15H20N2O3S. The molecule has 0 aromatic carbocycles. The predicted octanol–water partition coefficient (Wildman–Crippen LogP) is 1.47. The summed E-state index contributed by atoms with van der Waals surface area (Å²) in [5.41, 5.74) is 6.00. The van der Waals surface area contributed by atoms with Crippen molar-refractivity contribution < 1.29 is 14.3 Å². The number of thiophene rings is 1. The van der Waals surface area contributed by atoms with Gasteiger partial charge < -0.3 is 15.4 Å². The second kappa shape index (κ2) is 9.16. The first-order valence-corrected chi connectivity index (χ1v) is 7.73. The number of carbonyl (C=O) groups excluding carboxylic acids is 2.